The first-order chi connectivity index (χ1) is 10.9. The van der Waals surface area contributed by atoms with E-state index < -0.39 is 17.8 Å². The van der Waals surface area contributed by atoms with Gasteiger partial charge in [-0.25, -0.2) is 4.79 Å². The third-order valence-corrected chi connectivity index (χ3v) is 4.58. The third kappa shape index (κ3) is 5.39. The number of thioether (sulfide) groups is 1. The molecule has 124 valence electrons. The molecular weight excluding hydrogens is 351 g/mol. The van der Waals surface area contributed by atoms with E-state index in [9.17, 15) is 18.0 Å². The maximum Gasteiger partial charge on any atom is 0.416 e. The fourth-order valence-corrected chi connectivity index (χ4v) is 3.20. The summed E-state index contributed by atoms with van der Waals surface area (Å²) in [6.07, 6.45) is -4.94. The van der Waals surface area contributed by atoms with Crippen LogP contribution < -0.4 is 5.32 Å². The number of hydrogen-bond acceptors (Lipinski definition) is 6. The molecule has 1 N–H and O–H groups in total. The number of benzene rings is 1. The Labute approximate surface area is 138 Å². The molecule has 1 amide bonds. The average Bonchev–Trinajstić information content (AvgIpc) is 2.92. The van der Waals surface area contributed by atoms with Crippen LogP contribution in [0.15, 0.2) is 28.6 Å². The summed E-state index contributed by atoms with van der Waals surface area (Å²) in [6.45, 7) is 1.94. The quantitative estimate of drug-likeness (QED) is 0.629. The Morgan fingerprint density at radius 1 is 1.30 bits per heavy atom. The first kappa shape index (κ1) is 17.5. The van der Waals surface area contributed by atoms with Gasteiger partial charge in [-0.15, -0.1) is 10.2 Å². The number of amides is 1. The van der Waals surface area contributed by atoms with Crippen molar-refractivity contribution in [3.05, 3.63) is 35.4 Å². The normalized spacial score (nSPS) is 11.3. The highest BCUT2D eigenvalue weighted by Crippen LogP contribution is 2.31. The molecule has 0 bridgehead atoms. The Balaban J connectivity index is 1.89. The van der Waals surface area contributed by atoms with Gasteiger partial charge in [-0.05, 0) is 24.6 Å². The number of hydrogen-bond donors (Lipinski definition) is 1. The average molecular weight is 363 g/mol. The number of nitrogens with zero attached hydrogens (tertiary/aromatic N) is 2. The van der Waals surface area contributed by atoms with Gasteiger partial charge >= 0.3 is 12.3 Å². The number of alkyl halides is 3. The summed E-state index contributed by atoms with van der Waals surface area (Å²) in [7, 11) is 0. The van der Waals surface area contributed by atoms with Crippen molar-refractivity contribution in [3.8, 4) is 0 Å². The van der Waals surface area contributed by atoms with E-state index in [1.807, 2.05) is 0 Å². The lowest BCUT2D eigenvalue weighted by Gasteiger charge is -2.06. The fraction of sp³-hybridized carbons (Fsp3) is 0.308. The zero-order valence-electron chi connectivity index (χ0n) is 11.9. The fourth-order valence-electron chi connectivity index (χ4n) is 1.51. The van der Waals surface area contributed by atoms with Crippen molar-refractivity contribution in [1.82, 2.24) is 10.2 Å². The van der Waals surface area contributed by atoms with Crippen LogP contribution >= 0.6 is 23.1 Å². The highest BCUT2D eigenvalue weighted by molar-refractivity contribution is 8.00. The van der Waals surface area contributed by atoms with Crippen LogP contribution in [0, 0.1) is 0 Å². The van der Waals surface area contributed by atoms with Crippen LogP contribution in [-0.2, 0) is 16.7 Å². The van der Waals surface area contributed by atoms with Crippen LogP contribution in [0.4, 0.5) is 23.1 Å². The summed E-state index contributed by atoms with van der Waals surface area (Å²) in [5, 5.41) is 10.4. The molecule has 0 fully saturated rings. The maximum absolute atomic E-state index is 12.5. The van der Waals surface area contributed by atoms with E-state index in [-0.39, 0.29) is 6.61 Å². The molecule has 0 unspecified atom stereocenters. The molecule has 1 heterocycles. The minimum Gasteiger partial charge on any atom is -0.450 e. The van der Waals surface area contributed by atoms with Gasteiger partial charge in [0, 0.05) is 5.75 Å². The number of nitrogens with one attached hydrogen (secondary N) is 1. The van der Waals surface area contributed by atoms with Gasteiger partial charge in [0.1, 0.15) is 0 Å². The van der Waals surface area contributed by atoms with Gasteiger partial charge in [-0.3, -0.25) is 5.32 Å². The van der Waals surface area contributed by atoms with Gasteiger partial charge in [0.15, 0.2) is 4.34 Å². The van der Waals surface area contributed by atoms with Crippen LogP contribution in [0.25, 0.3) is 0 Å². The highest BCUT2D eigenvalue weighted by Gasteiger charge is 2.29. The molecule has 2 aromatic rings. The molecule has 0 aliphatic rings. The number of carbonyl (C=O) groups is 1. The first-order valence-corrected chi connectivity index (χ1v) is 8.25. The summed E-state index contributed by atoms with van der Waals surface area (Å²) >= 11 is 2.48. The van der Waals surface area contributed by atoms with Crippen LogP contribution in [0.1, 0.15) is 18.1 Å². The largest absolute Gasteiger partial charge is 0.450 e. The van der Waals surface area contributed by atoms with Crippen molar-refractivity contribution in [2.75, 3.05) is 11.9 Å². The molecule has 0 radical (unpaired) electrons. The molecule has 0 spiro atoms. The SMILES string of the molecule is CCOC(=O)Nc1nnc(SCc2ccc(C(F)(F)F)cc2)s1. The molecule has 23 heavy (non-hydrogen) atoms. The summed E-state index contributed by atoms with van der Waals surface area (Å²) in [5.41, 5.74) is 0.0567. The summed E-state index contributed by atoms with van der Waals surface area (Å²) in [6, 6.07) is 4.94. The van der Waals surface area contributed by atoms with Crippen molar-refractivity contribution in [2.45, 2.75) is 23.2 Å². The summed E-state index contributed by atoms with van der Waals surface area (Å²) in [5.74, 6) is 0.451. The molecular formula is C13H12F3N3O2S2. The number of ether oxygens (including phenoxy) is 1. The lowest BCUT2D eigenvalue weighted by Crippen LogP contribution is -2.12. The molecule has 0 saturated heterocycles. The summed E-state index contributed by atoms with van der Waals surface area (Å²) in [4.78, 5) is 11.2. The van der Waals surface area contributed by atoms with Gasteiger partial charge in [-0.2, -0.15) is 13.2 Å². The van der Waals surface area contributed by atoms with Crippen LogP contribution in [0.3, 0.4) is 0 Å². The smallest absolute Gasteiger partial charge is 0.416 e. The molecule has 0 atom stereocenters. The molecule has 5 nitrogen and oxygen atoms in total. The van der Waals surface area contributed by atoms with E-state index >= 15 is 0 Å². The lowest BCUT2D eigenvalue weighted by atomic mass is 10.1. The second kappa shape index (κ2) is 7.64. The summed E-state index contributed by atoms with van der Waals surface area (Å²) < 4.78 is 42.7. The van der Waals surface area contributed by atoms with Gasteiger partial charge in [0.05, 0.1) is 12.2 Å². The number of aromatic nitrogens is 2. The van der Waals surface area contributed by atoms with Crippen LogP contribution in [0.2, 0.25) is 0 Å². The van der Waals surface area contributed by atoms with Crippen molar-refractivity contribution >= 4 is 34.3 Å². The Morgan fingerprint density at radius 2 is 2.00 bits per heavy atom. The highest BCUT2D eigenvalue weighted by atomic mass is 32.2. The zero-order chi connectivity index (χ0) is 16.9. The molecule has 10 heteroatoms. The standard InChI is InChI=1S/C13H12F3N3O2S2/c1-2-21-11(20)17-10-18-19-12(23-10)22-7-8-3-5-9(6-4-8)13(14,15)16/h3-6H,2,7H2,1H3,(H,17,18,20). The Bertz CT molecular complexity index is 659. The van der Waals surface area contributed by atoms with E-state index in [0.29, 0.717) is 15.2 Å². The second-order valence-electron chi connectivity index (χ2n) is 4.20. The second-order valence-corrected chi connectivity index (χ2v) is 6.40. The van der Waals surface area contributed by atoms with E-state index in [0.717, 1.165) is 29.0 Å². The number of rotatable bonds is 5. The minimum absolute atomic E-state index is 0.250. The van der Waals surface area contributed by atoms with Crippen molar-refractivity contribution < 1.29 is 22.7 Å². The molecule has 1 aromatic carbocycles. The number of anilines is 1. The zero-order valence-corrected chi connectivity index (χ0v) is 13.5. The lowest BCUT2D eigenvalue weighted by molar-refractivity contribution is -0.137. The van der Waals surface area contributed by atoms with E-state index in [2.05, 4.69) is 15.5 Å². The van der Waals surface area contributed by atoms with Gasteiger partial charge in [0.25, 0.3) is 0 Å². The van der Waals surface area contributed by atoms with E-state index in [4.69, 9.17) is 4.74 Å². The maximum atomic E-state index is 12.5. The van der Waals surface area contributed by atoms with Crippen LogP contribution in [-0.4, -0.2) is 22.9 Å². The molecule has 0 aliphatic heterocycles. The predicted molar refractivity (Wildman–Crippen MR) is 81.6 cm³/mol. The molecule has 1 aromatic heterocycles. The Hall–Kier alpha value is -1.81. The first-order valence-electron chi connectivity index (χ1n) is 6.44. The molecule has 2 rings (SSSR count). The van der Waals surface area contributed by atoms with Crippen molar-refractivity contribution in [2.24, 2.45) is 0 Å². The molecule has 0 saturated carbocycles. The van der Waals surface area contributed by atoms with Gasteiger partial charge in [0.2, 0.25) is 5.13 Å². The van der Waals surface area contributed by atoms with E-state index in [1.165, 1.54) is 23.9 Å². The number of halogens is 3. The predicted octanol–water partition coefficient (Wildman–Crippen LogP) is 4.42. The Morgan fingerprint density at radius 3 is 2.61 bits per heavy atom. The van der Waals surface area contributed by atoms with Gasteiger partial charge < -0.3 is 4.74 Å². The minimum atomic E-state index is -4.33. The Kier molecular flexibility index (Phi) is 5.83. The molecule has 0 aliphatic carbocycles. The van der Waals surface area contributed by atoms with Crippen molar-refractivity contribution in [3.63, 3.8) is 0 Å². The monoisotopic (exact) mass is 363 g/mol. The van der Waals surface area contributed by atoms with Crippen LogP contribution in [0.5, 0.6) is 0 Å². The van der Waals surface area contributed by atoms with Gasteiger partial charge in [-0.1, -0.05) is 35.2 Å². The van der Waals surface area contributed by atoms with Crippen molar-refractivity contribution in [1.29, 1.82) is 0 Å². The number of carbonyl (C=O) groups excluding carboxylic acids is 1. The topological polar surface area (TPSA) is 64.1 Å². The third-order valence-electron chi connectivity index (χ3n) is 2.53. The van der Waals surface area contributed by atoms with E-state index in [1.54, 1.807) is 6.92 Å².